The number of rotatable bonds is 7. The molecule has 24 heavy (non-hydrogen) atoms. The van der Waals surface area contributed by atoms with E-state index in [1.54, 1.807) is 11.8 Å². The van der Waals surface area contributed by atoms with Crippen molar-refractivity contribution in [2.45, 2.75) is 23.9 Å². The Morgan fingerprint density at radius 1 is 1.21 bits per heavy atom. The summed E-state index contributed by atoms with van der Waals surface area (Å²) in [5.41, 5.74) is 3.13. The molecule has 0 bridgehead atoms. The maximum atomic E-state index is 11.6. The van der Waals surface area contributed by atoms with Crippen LogP contribution in [0.25, 0.3) is 10.9 Å². The summed E-state index contributed by atoms with van der Waals surface area (Å²) in [4.78, 5) is 16.0. The second-order valence-electron chi connectivity index (χ2n) is 5.68. The molecule has 3 aromatic rings. The lowest BCUT2D eigenvalue weighted by atomic mass is 10.0. The number of thioether (sulfide) groups is 1. The summed E-state index contributed by atoms with van der Waals surface area (Å²) in [6.45, 7) is 0.536. The number of carboxylic acid groups (broad SMARTS) is 1. The summed E-state index contributed by atoms with van der Waals surface area (Å²) in [7, 11) is 0. The number of carboxylic acids is 1. The van der Waals surface area contributed by atoms with Gasteiger partial charge in [0.1, 0.15) is 6.04 Å². The fourth-order valence-electron chi connectivity index (χ4n) is 2.75. The quantitative estimate of drug-likeness (QED) is 0.574. The van der Waals surface area contributed by atoms with E-state index in [-0.39, 0.29) is 0 Å². The third kappa shape index (κ3) is 3.80. The SMILES string of the molecule is CSc1ccc(CNC(Cc2c[nH]c3ccccc23)C(=O)O)cc1. The van der Waals surface area contributed by atoms with Gasteiger partial charge in [0.2, 0.25) is 0 Å². The van der Waals surface area contributed by atoms with Crippen molar-refractivity contribution in [2.24, 2.45) is 0 Å². The summed E-state index contributed by atoms with van der Waals surface area (Å²) in [5, 5.41) is 13.8. The van der Waals surface area contributed by atoms with Crippen molar-refractivity contribution in [1.82, 2.24) is 10.3 Å². The standard InChI is InChI=1S/C19H20N2O2S/c1-24-15-8-6-13(7-9-15)11-20-18(19(22)23)10-14-12-21-17-5-3-2-4-16(14)17/h2-9,12,18,20-21H,10-11H2,1H3,(H,22,23). The Balaban J connectivity index is 1.69. The lowest BCUT2D eigenvalue weighted by molar-refractivity contribution is -0.139. The first-order valence-corrected chi connectivity index (χ1v) is 9.04. The predicted octanol–water partition coefficient (Wildman–Crippen LogP) is 3.68. The van der Waals surface area contributed by atoms with Gasteiger partial charge in [-0.25, -0.2) is 0 Å². The number of nitrogens with one attached hydrogen (secondary N) is 2. The van der Waals surface area contributed by atoms with E-state index >= 15 is 0 Å². The molecule has 1 unspecified atom stereocenters. The van der Waals surface area contributed by atoms with E-state index in [0.29, 0.717) is 13.0 Å². The number of carbonyl (C=O) groups is 1. The largest absolute Gasteiger partial charge is 0.480 e. The highest BCUT2D eigenvalue weighted by molar-refractivity contribution is 7.98. The zero-order valence-corrected chi connectivity index (χ0v) is 14.3. The first-order valence-electron chi connectivity index (χ1n) is 7.81. The molecule has 3 rings (SSSR count). The summed E-state index contributed by atoms with van der Waals surface area (Å²) in [6, 6.07) is 15.5. The molecule has 4 nitrogen and oxygen atoms in total. The molecule has 0 amide bonds. The van der Waals surface area contributed by atoms with Crippen LogP contribution in [0.4, 0.5) is 0 Å². The molecular formula is C19H20N2O2S. The maximum Gasteiger partial charge on any atom is 0.321 e. The number of benzene rings is 2. The lowest BCUT2D eigenvalue weighted by Gasteiger charge is -2.14. The Hall–Kier alpha value is -2.24. The molecule has 2 aromatic carbocycles. The van der Waals surface area contributed by atoms with Crippen molar-refractivity contribution in [3.05, 3.63) is 65.9 Å². The zero-order chi connectivity index (χ0) is 16.9. The minimum Gasteiger partial charge on any atom is -0.480 e. The summed E-state index contributed by atoms with van der Waals surface area (Å²) >= 11 is 1.69. The topological polar surface area (TPSA) is 65.1 Å². The second kappa shape index (κ2) is 7.55. The van der Waals surface area contributed by atoms with Crippen LogP contribution in [0.1, 0.15) is 11.1 Å². The first kappa shape index (κ1) is 16.6. The number of aromatic amines is 1. The van der Waals surface area contributed by atoms with E-state index in [1.807, 2.05) is 48.9 Å². The smallest absolute Gasteiger partial charge is 0.321 e. The molecule has 0 radical (unpaired) electrons. The molecule has 0 saturated heterocycles. The van der Waals surface area contributed by atoms with E-state index in [0.717, 1.165) is 22.0 Å². The lowest BCUT2D eigenvalue weighted by Crippen LogP contribution is -2.38. The summed E-state index contributed by atoms with van der Waals surface area (Å²) < 4.78 is 0. The van der Waals surface area contributed by atoms with E-state index < -0.39 is 12.0 Å². The van der Waals surface area contributed by atoms with Crippen LogP contribution < -0.4 is 5.32 Å². The van der Waals surface area contributed by atoms with Crippen LogP contribution in [0.5, 0.6) is 0 Å². The summed E-state index contributed by atoms with van der Waals surface area (Å²) in [6.07, 6.45) is 4.38. The van der Waals surface area contributed by atoms with Crippen LogP contribution in [0.2, 0.25) is 0 Å². The van der Waals surface area contributed by atoms with E-state index in [1.165, 1.54) is 4.90 Å². The minimum absolute atomic E-state index is 0.447. The third-order valence-electron chi connectivity index (χ3n) is 4.11. The van der Waals surface area contributed by atoms with Crippen molar-refractivity contribution in [3.8, 4) is 0 Å². The fourth-order valence-corrected chi connectivity index (χ4v) is 3.16. The molecule has 0 aliphatic rings. The van der Waals surface area contributed by atoms with Gasteiger partial charge in [-0.3, -0.25) is 4.79 Å². The predicted molar refractivity (Wildman–Crippen MR) is 98.5 cm³/mol. The highest BCUT2D eigenvalue weighted by Gasteiger charge is 2.19. The van der Waals surface area contributed by atoms with Gasteiger partial charge in [0.25, 0.3) is 0 Å². The molecule has 5 heteroatoms. The molecule has 0 saturated carbocycles. The number of para-hydroxylation sites is 1. The number of aromatic nitrogens is 1. The Morgan fingerprint density at radius 2 is 1.96 bits per heavy atom. The maximum absolute atomic E-state index is 11.6. The van der Waals surface area contributed by atoms with Gasteiger partial charge in [-0.15, -0.1) is 11.8 Å². The van der Waals surface area contributed by atoms with Crippen molar-refractivity contribution in [1.29, 1.82) is 0 Å². The molecular weight excluding hydrogens is 320 g/mol. The number of aliphatic carboxylic acids is 1. The highest BCUT2D eigenvalue weighted by Crippen LogP contribution is 2.19. The van der Waals surface area contributed by atoms with Gasteiger partial charge in [-0.1, -0.05) is 30.3 Å². The number of fused-ring (bicyclic) bond motifs is 1. The van der Waals surface area contributed by atoms with Crippen LogP contribution in [0.3, 0.4) is 0 Å². The molecule has 1 heterocycles. The van der Waals surface area contributed by atoms with Gasteiger partial charge in [0.05, 0.1) is 0 Å². The van der Waals surface area contributed by atoms with Crippen LogP contribution in [0, 0.1) is 0 Å². The van der Waals surface area contributed by atoms with Gasteiger partial charge in [-0.05, 0) is 35.6 Å². The van der Waals surface area contributed by atoms with Crippen molar-refractivity contribution in [3.63, 3.8) is 0 Å². The fraction of sp³-hybridized carbons (Fsp3) is 0.211. The third-order valence-corrected chi connectivity index (χ3v) is 4.85. The van der Waals surface area contributed by atoms with E-state index in [4.69, 9.17) is 0 Å². The van der Waals surface area contributed by atoms with Crippen LogP contribution in [0.15, 0.2) is 59.6 Å². The Labute approximate surface area is 145 Å². The Morgan fingerprint density at radius 3 is 2.67 bits per heavy atom. The monoisotopic (exact) mass is 340 g/mol. The van der Waals surface area contributed by atoms with Crippen LogP contribution >= 0.6 is 11.8 Å². The highest BCUT2D eigenvalue weighted by atomic mass is 32.2. The minimum atomic E-state index is -0.832. The van der Waals surface area contributed by atoms with E-state index in [9.17, 15) is 9.90 Å². The van der Waals surface area contributed by atoms with Gasteiger partial charge in [0, 0.05) is 35.0 Å². The van der Waals surface area contributed by atoms with Crippen LogP contribution in [-0.4, -0.2) is 28.4 Å². The normalized spacial score (nSPS) is 12.4. The average Bonchev–Trinajstić information content (AvgIpc) is 3.02. The van der Waals surface area contributed by atoms with Crippen molar-refractivity contribution >= 4 is 28.6 Å². The van der Waals surface area contributed by atoms with Gasteiger partial charge < -0.3 is 15.4 Å². The van der Waals surface area contributed by atoms with Crippen molar-refractivity contribution in [2.75, 3.05) is 6.26 Å². The van der Waals surface area contributed by atoms with E-state index in [2.05, 4.69) is 22.4 Å². The Kier molecular flexibility index (Phi) is 5.23. The number of hydrogen-bond donors (Lipinski definition) is 3. The molecule has 124 valence electrons. The van der Waals surface area contributed by atoms with Gasteiger partial charge >= 0.3 is 5.97 Å². The zero-order valence-electron chi connectivity index (χ0n) is 13.5. The molecule has 0 aliphatic carbocycles. The molecule has 3 N–H and O–H groups in total. The second-order valence-corrected chi connectivity index (χ2v) is 6.56. The molecule has 0 spiro atoms. The summed E-state index contributed by atoms with van der Waals surface area (Å²) in [5.74, 6) is -0.832. The van der Waals surface area contributed by atoms with Gasteiger partial charge in [-0.2, -0.15) is 0 Å². The average molecular weight is 340 g/mol. The molecule has 0 aliphatic heterocycles. The number of hydrogen-bond acceptors (Lipinski definition) is 3. The van der Waals surface area contributed by atoms with Crippen molar-refractivity contribution < 1.29 is 9.90 Å². The Bertz CT molecular complexity index is 827. The molecule has 1 aromatic heterocycles. The molecule has 0 fully saturated rings. The van der Waals surface area contributed by atoms with Crippen LogP contribution in [-0.2, 0) is 17.8 Å². The molecule has 1 atom stereocenters. The first-order chi connectivity index (χ1) is 11.7. The van der Waals surface area contributed by atoms with Gasteiger partial charge in [0.15, 0.2) is 0 Å². The number of H-pyrrole nitrogens is 1.